The van der Waals surface area contributed by atoms with E-state index in [1.165, 1.54) is 18.4 Å². The maximum atomic E-state index is 11.3. The largest absolute Gasteiger partial charge is 0.465 e. The van der Waals surface area contributed by atoms with Crippen LogP contribution in [0.4, 0.5) is 0 Å². The fourth-order valence-corrected chi connectivity index (χ4v) is 2.23. The number of rotatable bonds is 2. The topological polar surface area (TPSA) is 39.2 Å². The predicted molar refractivity (Wildman–Crippen MR) is 63.6 cm³/mol. The number of pyridine rings is 1. The first-order valence-electron chi connectivity index (χ1n) is 4.82. The molecule has 0 aliphatic heterocycles. The minimum absolute atomic E-state index is 0.295. The number of aromatic nitrogens is 1. The van der Waals surface area contributed by atoms with Crippen molar-refractivity contribution in [2.75, 3.05) is 7.11 Å². The molecule has 4 heteroatoms. The third kappa shape index (κ3) is 2.12. The highest BCUT2D eigenvalue weighted by atomic mass is 32.1. The fourth-order valence-electron chi connectivity index (χ4n) is 1.32. The molecule has 16 heavy (non-hydrogen) atoms. The van der Waals surface area contributed by atoms with E-state index in [1.807, 2.05) is 31.3 Å². The summed E-state index contributed by atoms with van der Waals surface area (Å²) in [5, 5.41) is 0. The average molecular weight is 233 g/mol. The lowest BCUT2D eigenvalue weighted by Crippen LogP contribution is -1.96. The van der Waals surface area contributed by atoms with Crippen molar-refractivity contribution in [3.63, 3.8) is 0 Å². The first-order chi connectivity index (χ1) is 7.70. The van der Waals surface area contributed by atoms with E-state index >= 15 is 0 Å². The molecule has 0 saturated heterocycles. The van der Waals surface area contributed by atoms with Crippen LogP contribution in [0.25, 0.3) is 10.4 Å². The maximum Gasteiger partial charge on any atom is 0.348 e. The Labute approximate surface area is 97.7 Å². The number of nitrogens with zero attached hydrogens (tertiary/aromatic N) is 1. The molecule has 0 atom stereocenters. The van der Waals surface area contributed by atoms with Crippen LogP contribution in [0.1, 0.15) is 15.4 Å². The Morgan fingerprint density at radius 1 is 1.31 bits per heavy atom. The molecule has 0 amide bonds. The summed E-state index contributed by atoms with van der Waals surface area (Å²) in [7, 11) is 1.38. The van der Waals surface area contributed by atoms with Gasteiger partial charge >= 0.3 is 5.97 Å². The lowest BCUT2D eigenvalue weighted by atomic mass is 10.2. The van der Waals surface area contributed by atoms with Gasteiger partial charge in [0.15, 0.2) is 0 Å². The number of thiophene rings is 1. The summed E-state index contributed by atoms with van der Waals surface area (Å²) in [5.74, 6) is -0.295. The van der Waals surface area contributed by atoms with E-state index in [4.69, 9.17) is 0 Å². The Hall–Kier alpha value is -1.68. The first kappa shape index (κ1) is 10.8. The van der Waals surface area contributed by atoms with Crippen LogP contribution in [-0.2, 0) is 4.74 Å². The highest BCUT2D eigenvalue weighted by Gasteiger charge is 2.09. The predicted octanol–water partition coefficient (Wildman–Crippen LogP) is 2.91. The van der Waals surface area contributed by atoms with Gasteiger partial charge in [-0.1, -0.05) is 6.07 Å². The van der Waals surface area contributed by atoms with Gasteiger partial charge in [-0.2, -0.15) is 0 Å². The van der Waals surface area contributed by atoms with Gasteiger partial charge in [-0.3, -0.25) is 4.98 Å². The molecular weight excluding hydrogens is 222 g/mol. The Kier molecular flexibility index (Phi) is 3.01. The zero-order valence-electron chi connectivity index (χ0n) is 9.06. The monoisotopic (exact) mass is 233 g/mol. The van der Waals surface area contributed by atoms with Crippen molar-refractivity contribution >= 4 is 17.3 Å². The van der Waals surface area contributed by atoms with Crippen LogP contribution < -0.4 is 0 Å². The second kappa shape index (κ2) is 4.45. The fraction of sp³-hybridized carbons (Fsp3) is 0.167. The van der Waals surface area contributed by atoms with Crippen molar-refractivity contribution in [2.45, 2.75) is 6.92 Å². The molecule has 0 aliphatic carbocycles. The van der Waals surface area contributed by atoms with Crippen LogP contribution in [-0.4, -0.2) is 18.1 Å². The minimum atomic E-state index is -0.295. The molecule has 0 spiro atoms. The standard InChI is InChI=1S/C12H11NO2S/c1-8-3-4-9(7-13-8)10-5-6-11(16-10)12(14)15-2/h3-7H,1-2H3. The second-order valence-corrected chi connectivity index (χ2v) is 4.43. The van der Waals surface area contributed by atoms with E-state index in [9.17, 15) is 4.79 Å². The molecule has 0 radical (unpaired) electrons. The van der Waals surface area contributed by atoms with Gasteiger partial charge in [0.25, 0.3) is 0 Å². The maximum absolute atomic E-state index is 11.3. The smallest absolute Gasteiger partial charge is 0.348 e. The molecule has 2 rings (SSSR count). The van der Waals surface area contributed by atoms with Gasteiger partial charge in [-0.05, 0) is 25.1 Å². The van der Waals surface area contributed by atoms with Crippen LogP contribution >= 0.6 is 11.3 Å². The SMILES string of the molecule is COC(=O)c1ccc(-c2ccc(C)nc2)s1. The van der Waals surface area contributed by atoms with Gasteiger partial charge in [-0.25, -0.2) is 4.79 Å². The average Bonchev–Trinajstić information content (AvgIpc) is 2.78. The Morgan fingerprint density at radius 2 is 2.12 bits per heavy atom. The van der Waals surface area contributed by atoms with Crippen LogP contribution in [0, 0.1) is 6.92 Å². The van der Waals surface area contributed by atoms with E-state index in [1.54, 1.807) is 6.07 Å². The molecule has 2 aromatic rings. The molecule has 0 fully saturated rings. The van der Waals surface area contributed by atoms with E-state index in [-0.39, 0.29) is 5.97 Å². The molecular formula is C12H11NO2S. The molecule has 0 saturated carbocycles. The summed E-state index contributed by atoms with van der Waals surface area (Å²) >= 11 is 1.41. The van der Waals surface area contributed by atoms with E-state index in [2.05, 4.69) is 9.72 Å². The molecule has 2 heterocycles. The van der Waals surface area contributed by atoms with Crippen LogP contribution in [0.3, 0.4) is 0 Å². The van der Waals surface area contributed by atoms with Crippen LogP contribution in [0.5, 0.6) is 0 Å². The van der Waals surface area contributed by atoms with Gasteiger partial charge in [0.1, 0.15) is 4.88 Å². The normalized spacial score (nSPS) is 10.1. The highest BCUT2D eigenvalue weighted by molar-refractivity contribution is 7.17. The Bertz CT molecular complexity index is 502. The third-order valence-corrected chi connectivity index (χ3v) is 3.30. The van der Waals surface area contributed by atoms with Crippen molar-refractivity contribution in [1.82, 2.24) is 4.98 Å². The highest BCUT2D eigenvalue weighted by Crippen LogP contribution is 2.27. The number of methoxy groups -OCH3 is 1. The van der Waals surface area contributed by atoms with Gasteiger partial charge in [-0.15, -0.1) is 11.3 Å². The summed E-state index contributed by atoms with van der Waals surface area (Å²) in [5.41, 5.74) is 2.00. The number of hydrogen-bond acceptors (Lipinski definition) is 4. The molecule has 2 aromatic heterocycles. The lowest BCUT2D eigenvalue weighted by molar-refractivity contribution is 0.0606. The molecule has 0 unspecified atom stereocenters. The van der Waals surface area contributed by atoms with Crippen molar-refractivity contribution in [1.29, 1.82) is 0 Å². The van der Waals surface area contributed by atoms with E-state index in [0.717, 1.165) is 16.1 Å². The zero-order valence-corrected chi connectivity index (χ0v) is 9.88. The van der Waals surface area contributed by atoms with Crippen molar-refractivity contribution in [3.05, 3.63) is 41.0 Å². The van der Waals surface area contributed by atoms with Crippen LogP contribution in [0.15, 0.2) is 30.5 Å². The first-order valence-corrected chi connectivity index (χ1v) is 5.63. The quantitative estimate of drug-likeness (QED) is 0.749. The molecule has 0 aliphatic rings. The number of aryl methyl sites for hydroxylation is 1. The van der Waals surface area contributed by atoms with Crippen molar-refractivity contribution in [2.24, 2.45) is 0 Å². The lowest BCUT2D eigenvalue weighted by Gasteiger charge is -1.97. The Balaban J connectivity index is 2.31. The van der Waals surface area contributed by atoms with Crippen LogP contribution in [0.2, 0.25) is 0 Å². The number of esters is 1. The number of ether oxygens (including phenoxy) is 1. The number of hydrogen-bond donors (Lipinski definition) is 0. The molecule has 3 nitrogen and oxygen atoms in total. The minimum Gasteiger partial charge on any atom is -0.465 e. The zero-order chi connectivity index (χ0) is 11.5. The molecule has 0 N–H and O–H groups in total. The molecule has 0 aromatic carbocycles. The molecule has 0 bridgehead atoms. The summed E-state index contributed by atoms with van der Waals surface area (Å²) in [4.78, 5) is 17.1. The summed E-state index contributed by atoms with van der Waals surface area (Å²) in [6, 6.07) is 7.62. The van der Waals surface area contributed by atoms with Gasteiger partial charge < -0.3 is 4.74 Å². The summed E-state index contributed by atoms with van der Waals surface area (Å²) in [6.07, 6.45) is 1.81. The number of carbonyl (C=O) groups excluding carboxylic acids is 1. The third-order valence-electron chi connectivity index (χ3n) is 2.19. The van der Waals surface area contributed by atoms with E-state index in [0.29, 0.717) is 4.88 Å². The van der Waals surface area contributed by atoms with Gasteiger partial charge in [0.05, 0.1) is 7.11 Å². The van der Waals surface area contributed by atoms with Gasteiger partial charge in [0.2, 0.25) is 0 Å². The van der Waals surface area contributed by atoms with Gasteiger partial charge in [0, 0.05) is 22.3 Å². The summed E-state index contributed by atoms with van der Waals surface area (Å²) < 4.78 is 4.66. The number of carbonyl (C=O) groups is 1. The molecule has 82 valence electrons. The van der Waals surface area contributed by atoms with Crippen molar-refractivity contribution < 1.29 is 9.53 Å². The summed E-state index contributed by atoms with van der Waals surface area (Å²) in [6.45, 7) is 1.94. The van der Waals surface area contributed by atoms with E-state index < -0.39 is 0 Å². The van der Waals surface area contributed by atoms with Crippen molar-refractivity contribution in [3.8, 4) is 10.4 Å². The second-order valence-electron chi connectivity index (χ2n) is 3.34. The Morgan fingerprint density at radius 3 is 2.75 bits per heavy atom.